The second-order valence-electron chi connectivity index (χ2n) is 2.80. The Morgan fingerprint density at radius 1 is 1.31 bits per heavy atom. The molecule has 64 valence electrons. The van der Waals surface area contributed by atoms with Gasteiger partial charge in [-0.3, -0.25) is 0 Å². The Kier molecular flexibility index (Phi) is 1.39. The molecule has 0 saturated heterocycles. The lowest BCUT2D eigenvalue weighted by Crippen LogP contribution is -1.71. The van der Waals surface area contributed by atoms with Crippen LogP contribution in [-0.4, -0.2) is 9.00 Å². The van der Waals surface area contributed by atoms with Gasteiger partial charge in [-0.15, -0.1) is 0 Å². The number of benzene rings is 1. The normalized spacial score (nSPS) is 11.5. The fourth-order valence-electron chi connectivity index (χ4n) is 1.45. The molecule has 0 aliphatic carbocycles. The van der Waals surface area contributed by atoms with E-state index < -0.39 is 0 Å². The van der Waals surface area contributed by atoms with Crippen molar-refractivity contribution in [3.63, 3.8) is 0 Å². The van der Waals surface area contributed by atoms with E-state index in [9.17, 15) is 0 Å². The topological polar surface area (TPSA) is 17.3 Å². The van der Waals surface area contributed by atoms with E-state index in [0.717, 1.165) is 10.5 Å². The van der Waals surface area contributed by atoms with Gasteiger partial charge in [0.2, 0.25) is 0 Å². The molecule has 0 aliphatic rings. The van der Waals surface area contributed by atoms with Crippen molar-refractivity contribution in [1.82, 2.24) is 9.00 Å². The second kappa shape index (κ2) is 2.47. The Bertz CT molecular complexity index is 581. The minimum Gasteiger partial charge on any atom is -0.184 e. The summed E-state index contributed by atoms with van der Waals surface area (Å²) in [4.78, 5) is 0. The van der Waals surface area contributed by atoms with Gasteiger partial charge < -0.3 is 0 Å². The first kappa shape index (κ1) is 7.35. The zero-order chi connectivity index (χ0) is 8.84. The van der Waals surface area contributed by atoms with Crippen molar-refractivity contribution in [1.29, 1.82) is 0 Å². The van der Waals surface area contributed by atoms with E-state index in [1.807, 2.05) is 16.0 Å². The van der Waals surface area contributed by atoms with E-state index in [-0.39, 0.29) is 0 Å². The fourth-order valence-corrected chi connectivity index (χ4v) is 2.70. The quantitative estimate of drug-likeness (QED) is 0.555. The standard InChI is InChI=1S/C9H5ClN2S/c10-7-5-11-12-9(7)6-3-1-2-4-8(6)13-12/h1-5H. The van der Waals surface area contributed by atoms with Crippen LogP contribution in [0.25, 0.3) is 15.6 Å². The van der Waals surface area contributed by atoms with Gasteiger partial charge in [-0.1, -0.05) is 29.8 Å². The highest BCUT2D eigenvalue weighted by Crippen LogP contribution is 2.30. The van der Waals surface area contributed by atoms with Crippen LogP contribution in [0.3, 0.4) is 0 Å². The largest absolute Gasteiger partial charge is 0.184 e. The highest BCUT2D eigenvalue weighted by Gasteiger charge is 2.08. The van der Waals surface area contributed by atoms with Crippen LogP contribution in [0.5, 0.6) is 0 Å². The van der Waals surface area contributed by atoms with Crippen molar-refractivity contribution in [2.45, 2.75) is 0 Å². The van der Waals surface area contributed by atoms with Crippen molar-refractivity contribution in [3.8, 4) is 0 Å². The third-order valence-electron chi connectivity index (χ3n) is 2.02. The van der Waals surface area contributed by atoms with E-state index in [4.69, 9.17) is 11.6 Å². The molecule has 0 aliphatic heterocycles. The number of nitrogens with zero attached hydrogens (tertiary/aromatic N) is 2. The Morgan fingerprint density at radius 2 is 2.15 bits per heavy atom. The molecule has 0 atom stereocenters. The van der Waals surface area contributed by atoms with Crippen molar-refractivity contribution in [2.24, 2.45) is 0 Å². The summed E-state index contributed by atoms with van der Waals surface area (Å²) < 4.78 is 3.07. The SMILES string of the molecule is Clc1cnn2sc3ccccc3c12. The van der Waals surface area contributed by atoms with E-state index in [2.05, 4.69) is 17.2 Å². The number of fused-ring (bicyclic) bond motifs is 3. The van der Waals surface area contributed by atoms with E-state index in [0.29, 0.717) is 0 Å². The van der Waals surface area contributed by atoms with Crippen LogP contribution in [0.1, 0.15) is 0 Å². The highest BCUT2D eigenvalue weighted by molar-refractivity contribution is 7.14. The van der Waals surface area contributed by atoms with Gasteiger partial charge in [-0.2, -0.15) is 9.00 Å². The summed E-state index contributed by atoms with van der Waals surface area (Å²) in [6.45, 7) is 0. The smallest absolute Gasteiger partial charge is 0.106 e. The lowest BCUT2D eigenvalue weighted by molar-refractivity contribution is 1.07. The lowest BCUT2D eigenvalue weighted by Gasteiger charge is -1.85. The minimum atomic E-state index is 0.720. The molecule has 3 aromatic rings. The first-order valence-corrected chi connectivity index (χ1v) is 5.02. The van der Waals surface area contributed by atoms with Crippen LogP contribution in [0.2, 0.25) is 5.02 Å². The van der Waals surface area contributed by atoms with Crippen LogP contribution in [0.15, 0.2) is 30.5 Å². The van der Waals surface area contributed by atoms with Crippen LogP contribution in [0, 0.1) is 0 Å². The molecule has 2 nitrogen and oxygen atoms in total. The highest BCUT2D eigenvalue weighted by atomic mass is 35.5. The molecule has 0 unspecified atom stereocenters. The number of halogens is 1. The molecular formula is C9H5ClN2S. The summed E-state index contributed by atoms with van der Waals surface area (Å²) in [6.07, 6.45) is 1.68. The Balaban J connectivity index is 2.66. The van der Waals surface area contributed by atoms with Gasteiger partial charge in [0.05, 0.1) is 15.9 Å². The number of hydrogen-bond acceptors (Lipinski definition) is 2. The van der Waals surface area contributed by atoms with Crippen molar-refractivity contribution in [2.75, 3.05) is 0 Å². The molecule has 0 fully saturated rings. The van der Waals surface area contributed by atoms with Gasteiger partial charge in [0.25, 0.3) is 0 Å². The fraction of sp³-hybridized carbons (Fsp3) is 0. The molecule has 4 heteroatoms. The Labute approximate surface area is 83.5 Å². The predicted molar refractivity (Wildman–Crippen MR) is 55.6 cm³/mol. The third-order valence-corrected chi connectivity index (χ3v) is 3.30. The summed E-state index contributed by atoms with van der Waals surface area (Å²) in [5.74, 6) is 0. The first-order valence-electron chi connectivity index (χ1n) is 3.87. The summed E-state index contributed by atoms with van der Waals surface area (Å²) in [5.41, 5.74) is 1.02. The summed E-state index contributed by atoms with van der Waals surface area (Å²) in [7, 11) is 0. The van der Waals surface area contributed by atoms with Crippen molar-refractivity contribution >= 4 is 38.7 Å². The third kappa shape index (κ3) is 0.913. The molecule has 3 rings (SSSR count). The van der Waals surface area contributed by atoms with Crippen LogP contribution in [-0.2, 0) is 0 Å². The molecule has 0 amide bonds. The van der Waals surface area contributed by atoms with Gasteiger partial charge in [-0.25, -0.2) is 0 Å². The summed E-state index contributed by atoms with van der Waals surface area (Å²) in [6, 6.07) is 8.17. The maximum Gasteiger partial charge on any atom is 0.106 e. The molecular weight excluding hydrogens is 204 g/mol. The van der Waals surface area contributed by atoms with E-state index >= 15 is 0 Å². The Hall–Kier alpha value is -1.06. The van der Waals surface area contributed by atoms with Crippen molar-refractivity contribution in [3.05, 3.63) is 35.5 Å². The number of rotatable bonds is 0. The molecule has 2 heterocycles. The molecule has 0 radical (unpaired) electrons. The molecule has 0 saturated carbocycles. The average Bonchev–Trinajstić information content (AvgIpc) is 2.66. The van der Waals surface area contributed by atoms with E-state index in [1.54, 1.807) is 17.7 Å². The van der Waals surface area contributed by atoms with Crippen molar-refractivity contribution < 1.29 is 0 Å². The van der Waals surface area contributed by atoms with Gasteiger partial charge in [-0.05, 0) is 17.6 Å². The maximum atomic E-state index is 6.02. The lowest BCUT2D eigenvalue weighted by atomic mass is 10.2. The molecule has 0 N–H and O–H groups in total. The van der Waals surface area contributed by atoms with E-state index in [1.165, 1.54) is 10.1 Å². The van der Waals surface area contributed by atoms with Crippen LogP contribution < -0.4 is 0 Å². The predicted octanol–water partition coefficient (Wildman–Crippen LogP) is 3.20. The van der Waals surface area contributed by atoms with Gasteiger partial charge >= 0.3 is 0 Å². The summed E-state index contributed by atoms with van der Waals surface area (Å²) >= 11 is 7.62. The zero-order valence-corrected chi connectivity index (χ0v) is 8.14. The molecule has 2 aromatic heterocycles. The Morgan fingerprint density at radius 3 is 3.08 bits per heavy atom. The van der Waals surface area contributed by atoms with Crippen LogP contribution in [0.4, 0.5) is 0 Å². The second-order valence-corrected chi connectivity index (χ2v) is 4.18. The summed E-state index contributed by atoms with van der Waals surface area (Å²) in [5, 5.41) is 6.05. The van der Waals surface area contributed by atoms with Gasteiger partial charge in [0.15, 0.2) is 0 Å². The van der Waals surface area contributed by atoms with Crippen LogP contribution >= 0.6 is 23.1 Å². The van der Waals surface area contributed by atoms with Gasteiger partial charge in [0, 0.05) is 5.39 Å². The number of hydrogen-bond donors (Lipinski definition) is 0. The molecule has 0 spiro atoms. The van der Waals surface area contributed by atoms with Gasteiger partial charge in [0.1, 0.15) is 5.52 Å². The molecule has 1 aromatic carbocycles. The molecule has 13 heavy (non-hydrogen) atoms. The number of aromatic nitrogens is 2. The first-order chi connectivity index (χ1) is 6.36. The molecule has 0 bridgehead atoms. The maximum absolute atomic E-state index is 6.02. The minimum absolute atomic E-state index is 0.720. The zero-order valence-electron chi connectivity index (χ0n) is 6.57. The monoisotopic (exact) mass is 208 g/mol. The average molecular weight is 209 g/mol.